The van der Waals surface area contributed by atoms with Gasteiger partial charge >= 0.3 is 6.18 Å². The van der Waals surface area contributed by atoms with Crippen LogP contribution in [0.3, 0.4) is 0 Å². The highest BCUT2D eigenvalue weighted by atomic mass is 32.2. The number of hydrogen-bond donors (Lipinski definition) is 1. The molecule has 0 radical (unpaired) electrons. The van der Waals surface area contributed by atoms with Gasteiger partial charge in [0.25, 0.3) is 0 Å². The van der Waals surface area contributed by atoms with Gasteiger partial charge in [-0.1, -0.05) is 12.1 Å². The molecule has 3 aromatic rings. The summed E-state index contributed by atoms with van der Waals surface area (Å²) >= 11 is 0. The molecular formula is C25H23F5N4O3S. The molecular weight excluding hydrogens is 531 g/mol. The highest BCUT2D eigenvalue weighted by Gasteiger charge is 2.43. The van der Waals surface area contributed by atoms with E-state index in [2.05, 4.69) is 15.3 Å². The van der Waals surface area contributed by atoms with Crippen molar-refractivity contribution >= 4 is 21.8 Å². The molecule has 0 amide bonds. The standard InChI is InChI=1S/C25H23F5N4O3S/c1-31-24-32-19(13-21(33-24)15-2-4-16(5-3-15)25(28,29)30)8-11-23(35)22-12-18(27)14-34(22)38(36,37)20-9-6-17(26)7-10-20/h2-7,9-10,13,18,22H,8,11-12,14H2,1H3,(H,31,32,33)/t18-,22+/m1/s1. The van der Waals surface area contributed by atoms with E-state index in [9.17, 15) is 35.2 Å². The number of Topliss-reactive ketones (excluding diaryl/α,β-unsaturated/α-hetero) is 1. The number of carbonyl (C=O) groups is 1. The highest BCUT2D eigenvalue weighted by molar-refractivity contribution is 7.89. The molecule has 38 heavy (non-hydrogen) atoms. The molecule has 1 fully saturated rings. The fourth-order valence-electron chi connectivity index (χ4n) is 4.19. The quantitative estimate of drug-likeness (QED) is 0.408. The molecule has 0 unspecified atom stereocenters. The average Bonchev–Trinajstić information content (AvgIpc) is 3.29. The molecule has 0 spiro atoms. The number of nitrogens with one attached hydrogen (secondary N) is 1. The van der Waals surface area contributed by atoms with Crippen LogP contribution in [0.1, 0.15) is 24.1 Å². The number of alkyl halides is 4. The smallest absolute Gasteiger partial charge is 0.357 e. The Morgan fingerprint density at radius 2 is 1.74 bits per heavy atom. The van der Waals surface area contributed by atoms with Gasteiger partial charge in [-0.3, -0.25) is 4.79 Å². The molecule has 202 valence electrons. The number of nitrogens with zero attached hydrogens (tertiary/aromatic N) is 3. The van der Waals surface area contributed by atoms with Crippen molar-refractivity contribution in [1.29, 1.82) is 0 Å². The number of ketones is 1. The summed E-state index contributed by atoms with van der Waals surface area (Å²) in [6, 6.07) is 8.75. The molecule has 0 bridgehead atoms. The van der Waals surface area contributed by atoms with Crippen LogP contribution in [-0.4, -0.2) is 54.3 Å². The van der Waals surface area contributed by atoms with Crippen LogP contribution >= 0.6 is 0 Å². The first-order valence-corrected chi connectivity index (χ1v) is 13.0. The first-order chi connectivity index (χ1) is 17.9. The summed E-state index contributed by atoms with van der Waals surface area (Å²) in [5.41, 5.74) is 0.302. The molecule has 7 nitrogen and oxygen atoms in total. The minimum absolute atomic E-state index is 0.0571. The molecule has 13 heteroatoms. The first kappa shape index (κ1) is 27.6. The summed E-state index contributed by atoms with van der Waals surface area (Å²) < 4.78 is 93.1. The van der Waals surface area contributed by atoms with E-state index in [1.807, 2.05) is 0 Å². The fourth-order valence-corrected chi connectivity index (χ4v) is 5.84. The molecule has 0 aliphatic carbocycles. The zero-order valence-corrected chi connectivity index (χ0v) is 20.9. The maximum Gasteiger partial charge on any atom is 0.416 e. The molecule has 2 heterocycles. The van der Waals surface area contributed by atoms with E-state index in [1.165, 1.54) is 18.2 Å². The molecule has 1 aliphatic heterocycles. The molecule has 4 rings (SSSR count). The van der Waals surface area contributed by atoms with Crippen molar-refractivity contribution in [1.82, 2.24) is 14.3 Å². The van der Waals surface area contributed by atoms with Crippen LogP contribution in [0.4, 0.5) is 27.9 Å². The van der Waals surface area contributed by atoms with E-state index in [1.54, 1.807) is 7.05 Å². The minimum atomic E-state index is -4.48. The largest absolute Gasteiger partial charge is 0.416 e. The van der Waals surface area contributed by atoms with Gasteiger partial charge in [-0.15, -0.1) is 0 Å². The number of hydrogen-bond acceptors (Lipinski definition) is 6. The Morgan fingerprint density at radius 1 is 1.08 bits per heavy atom. The number of sulfonamides is 1. The minimum Gasteiger partial charge on any atom is -0.357 e. The van der Waals surface area contributed by atoms with E-state index in [0.29, 0.717) is 17.0 Å². The van der Waals surface area contributed by atoms with Gasteiger partial charge in [0.15, 0.2) is 5.78 Å². The Morgan fingerprint density at radius 3 is 2.34 bits per heavy atom. The second kappa shape index (κ2) is 10.7. The number of carbonyl (C=O) groups excluding carboxylic acids is 1. The molecule has 2 atom stereocenters. The van der Waals surface area contributed by atoms with Crippen LogP contribution in [-0.2, 0) is 27.4 Å². The van der Waals surface area contributed by atoms with Crippen molar-refractivity contribution < 1.29 is 35.2 Å². The van der Waals surface area contributed by atoms with Gasteiger partial charge in [0.2, 0.25) is 16.0 Å². The lowest BCUT2D eigenvalue weighted by Crippen LogP contribution is -2.40. The Bertz CT molecular complexity index is 1410. The van der Waals surface area contributed by atoms with Crippen molar-refractivity contribution in [3.8, 4) is 11.3 Å². The van der Waals surface area contributed by atoms with E-state index in [4.69, 9.17) is 0 Å². The monoisotopic (exact) mass is 554 g/mol. The molecule has 1 saturated heterocycles. The molecule has 1 aromatic heterocycles. The number of aromatic nitrogens is 2. The lowest BCUT2D eigenvalue weighted by Gasteiger charge is -2.22. The third kappa shape index (κ3) is 5.99. The topological polar surface area (TPSA) is 92.3 Å². The zero-order valence-electron chi connectivity index (χ0n) is 20.0. The molecule has 1 aliphatic rings. The van der Waals surface area contributed by atoms with Crippen LogP contribution in [0.25, 0.3) is 11.3 Å². The van der Waals surface area contributed by atoms with E-state index < -0.39 is 52.1 Å². The van der Waals surface area contributed by atoms with Crippen molar-refractivity contribution in [2.75, 3.05) is 18.9 Å². The number of halogens is 5. The third-order valence-electron chi connectivity index (χ3n) is 6.13. The van der Waals surface area contributed by atoms with Gasteiger partial charge in [0, 0.05) is 37.7 Å². The number of aryl methyl sites for hydroxylation is 1. The average molecular weight is 555 g/mol. The lowest BCUT2D eigenvalue weighted by atomic mass is 10.0. The van der Waals surface area contributed by atoms with Gasteiger partial charge in [0.05, 0.1) is 22.2 Å². The summed E-state index contributed by atoms with van der Waals surface area (Å²) in [6.07, 6.45) is -6.44. The van der Waals surface area contributed by atoms with Gasteiger partial charge in [0.1, 0.15) is 12.0 Å². The third-order valence-corrected chi connectivity index (χ3v) is 8.02. The Hall–Kier alpha value is -3.45. The maximum atomic E-state index is 14.3. The van der Waals surface area contributed by atoms with Gasteiger partial charge < -0.3 is 5.32 Å². The van der Waals surface area contributed by atoms with E-state index in [0.717, 1.165) is 40.7 Å². The van der Waals surface area contributed by atoms with Crippen LogP contribution in [0.2, 0.25) is 0 Å². The normalized spacial score (nSPS) is 18.5. The van der Waals surface area contributed by atoms with Crippen LogP contribution in [0.15, 0.2) is 59.5 Å². The molecule has 1 N–H and O–H groups in total. The number of anilines is 1. The summed E-state index contributed by atoms with van der Waals surface area (Å²) in [7, 11) is -2.69. The maximum absolute atomic E-state index is 14.3. The summed E-state index contributed by atoms with van der Waals surface area (Å²) in [4.78, 5) is 21.3. The zero-order chi connectivity index (χ0) is 27.7. The van der Waals surface area contributed by atoms with Crippen LogP contribution < -0.4 is 5.32 Å². The lowest BCUT2D eigenvalue weighted by molar-refractivity contribution is -0.137. The van der Waals surface area contributed by atoms with Crippen molar-refractivity contribution in [3.05, 3.63) is 71.7 Å². The predicted molar refractivity (Wildman–Crippen MR) is 129 cm³/mol. The van der Waals surface area contributed by atoms with E-state index in [-0.39, 0.29) is 30.1 Å². The Labute approximate surface area is 215 Å². The van der Waals surface area contributed by atoms with Gasteiger partial charge in [-0.2, -0.15) is 17.5 Å². The van der Waals surface area contributed by atoms with Crippen LogP contribution in [0, 0.1) is 5.82 Å². The number of benzene rings is 2. The Balaban J connectivity index is 1.52. The van der Waals surface area contributed by atoms with E-state index >= 15 is 0 Å². The SMILES string of the molecule is CNc1nc(CCC(=O)[C@@H]2C[C@@H](F)CN2S(=O)(=O)c2ccc(F)cc2)cc(-c2ccc(C(F)(F)F)cc2)n1. The van der Waals surface area contributed by atoms with Crippen molar-refractivity contribution in [2.24, 2.45) is 0 Å². The predicted octanol–water partition coefficient (Wildman–Crippen LogP) is 4.65. The summed E-state index contributed by atoms with van der Waals surface area (Å²) in [5, 5.41) is 2.76. The second-order valence-corrected chi connectivity index (χ2v) is 10.6. The highest BCUT2D eigenvalue weighted by Crippen LogP contribution is 2.32. The second-order valence-electron chi connectivity index (χ2n) is 8.74. The number of rotatable bonds is 8. The van der Waals surface area contributed by atoms with Crippen LogP contribution in [0.5, 0.6) is 0 Å². The molecule has 0 saturated carbocycles. The first-order valence-electron chi connectivity index (χ1n) is 11.6. The summed E-state index contributed by atoms with van der Waals surface area (Å²) in [5.74, 6) is -0.977. The fraction of sp³-hybridized carbons (Fsp3) is 0.320. The molecule has 2 aromatic carbocycles. The van der Waals surface area contributed by atoms with Gasteiger partial charge in [-0.05, 0) is 48.9 Å². The van der Waals surface area contributed by atoms with Crippen molar-refractivity contribution in [2.45, 2.75) is 42.5 Å². The van der Waals surface area contributed by atoms with Gasteiger partial charge in [-0.25, -0.2) is 27.2 Å². The Kier molecular flexibility index (Phi) is 7.79. The summed E-state index contributed by atoms with van der Waals surface area (Å²) in [6.45, 7) is -0.494. The van der Waals surface area contributed by atoms with Crippen molar-refractivity contribution in [3.63, 3.8) is 0 Å².